The highest BCUT2D eigenvalue weighted by Gasteiger charge is 2.22. The molecule has 0 saturated carbocycles. The van der Waals surface area contributed by atoms with E-state index in [4.69, 9.17) is 0 Å². The van der Waals surface area contributed by atoms with Crippen LogP contribution in [-0.4, -0.2) is 13.1 Å². The minimum absolute atomic E-state index is 0.921. The molecule has 0 spiro atoms. The first-order valence-corrected chi connectivity index (χ1v) is 9.57. The van der Waals surface area contributed by atoms with Crippen LogP contribution in [0.25, 0.3) is 6.08 Å². The summed E-state index contributed by atoms with van der Waals surface area (Å²) in [7, 11) is -2.33. The van der Waals surface area contributed by atoms with Gasteiger partial charge in [-0.15, -0.1) is 0 Å². The van der Waals surface area contributed by atoms with Gasteiger partial charge in [0.05, 0.1) is 0 Å². The molecule has 2 aromatic carbocycles. The summed E-state index contributed by atoms with van der Waals surface area (Å²) in [5, 5.41) is 0.987. The molecule has 0 fully saturated rings. The lowest BCUT2D eigenvalue weighted by molar-refractivity contribution is 0.568. The second kappa shape index (κ2) is 6.38. The van der Waals surface area contributed by atoms with Crippen LogP contribution in [0.15, 0.2) is 60.7 Å². The van der Waals surface area contributed by atoms with Crippen molar-refractivity contribution in [2.75, 3.05) is 0 Å². The molecule has 0 aliphatic carbocycles. The fourth-order valence-electron chi connectivity index (χ4n) is 1.95. The highest BCUT2D eigenvalue weighted by molar-refractivity contribution is 6.83. The SMILES string of the molecule is C[Si](C)(O)c1ccccc1C#C/C=C/c1ccccc1. The van der Waals surface area contributed by atoms with E-state index in [0.717, 1.165) is 16.3 Å². The van der Waals surface area contributed by atoms with Crippen molar-refractivity contribution in [3.05, 3.63) is 71.8 Å². The second-order valence-corrected chi connectivity index (χ2v) is 8.77. The van der Waals surface area contributed by atoms with Gasteiger partial charge in [0, 0.05) is 5.56 Å². The van der Waals surface area contributed by atoms with Gasteiger partial charge >= 0.3 is 0 Å². The van der Waals surface area contributed by atoms with E-state index >= 15 is 0 Å². The standard InChI is InChI=1S/C18H18OSi/c1-20(2,19)18-15-9-8-14-17(18)13-7-6-12-16-10-4-3-5-11-16/h3-6,8-12,14-15,19H,1-2H3/b12-6+. The Morgan fingerprint density at radius 2 is 1.60 bits per heavy atom. The number of hydrogen-bond donors (Lipinski definition) is 1. The summed E-state index contributed by atoms with van der Waals surface area (Å²) in [6.07, 6.45) is 3.83. The van der Waals surface area contributed by atoms with Crippen molar-refractivity contribution >= 4 is 19.6 Å². The number of hydrogen-bond acceptors (Lipinski definition) is 1. The average Bonchev–Trinajstić information content (AvgIpc) is 2.44. The minimum atomic E-state index is -2.33. The third-order valence-corrected chi connectivity index (χ3v) is 4.71. The quantitative estimate of drug-likeness (QED) is 0.661. The Balaban J connectivity index is 2.20. The Morgan fingerprint density at radius 1 is 0.950 bits per heavy atom. The molecule has 100 valence electrons. The third-order valence-electron chi connectivity index (χ3n) is 2.95. The molecule has 0 aromatic heterocycles. The second-order valence-electron chi connectivity index (χ2n) is 5.12. The summed E-state index contributed by atoms with van der Waals surface area (Å²) in [4.78, 5) is 10.3. The van der Waals surface area contributed by atoms with Gasteiger partial charge in [0.1, 0.15) is 0 Å². The Labute approximate surface area is 121 Å². The fourth-order valence-corrected chi connectivity index (χ4v) is 3.26. The van der Waals surface area contributed by atoms with Gasteiger partial charge < -0.3 is 4.80 Å². The molecule has 0 aliphatic rings. The molecular formula is C18H18OSi. The van der Waals surface area contributed by atoms with Crippen molar-refractivity contribution in [1.82, 2.24) is 0 Å². The maximum absolute atomic E-state index is 10.3. The molecule has 0 saturated heterocycles. The van der Waals surface area contributed by atoms with E-state index < -0.39 is 8.32 Å². The number of rotatable bonds is 2. The lowest BCUT2D eigenvalue weighted by atomic mass is 10.2. The highest BCUT2D eigenvalue weighted by atomic mass is 28.4. The molecule has 0 atom stereocenters. The van der Waals surface area contributed by atoms with Gasteiger partial charge in [0.25, 0.3) is 0 Å². The van der Waals surface area contributed by atoms with Crippen molar-refractivity contribution in [1.29, 1.82) is 0 Å². The Bertz CT molecular complexity index is 655. The molecule has 1 N–H and O–H groups in total. The van der Waals surface area contributed by atoms with Gasteiger partial charge in [-0.3, -0.25) is 0 Å². The molecule has 2 rings (SSSR count). The first kappa shape index (κ1) is 14.3. The molecule has 0 heterocycles. The summed E-state index contributed by atoms with van der Waals surface area (Å²) >= 11 is 0. The molecule has 2 aromatic rings. The van der Waals surface area contributed by atoms with Crippen molar-refractivity contribution < 1.29 is 4.80 Å². The summed E-state index contributed by atoms with van der Waals surface area (Å²) in [6, 6.07) is 17.9. The van der Waals surface area contributed by atoms with Gasteiger partial charge in [0.15, 0.2) is 0 Å². The zero-order valence-electron chi connectivity index (χ0n) is 11.8. The van der Waals surface area contributed by atoms with Crippen LogP contribution < -0.4 is 5.19 Å². The van der Waals surface area contributed by atoms with Crippen molar-refractivity contribution in [2.24, 2.45) is 0 Å². The van der Waals surface area contributed by atoms with Gasteiger partial charge in [-0.25, -0.2) is 0 Å². The lowest BCUT2D eigenvalue weighted by Crippen LogP contribution is -2.43. The normalized spacial score (nSPS) is 11.2. The predicted octanol–water partition coefficient (Wildman–Crippen LogP) is 3.16. The zero-order valence-corrected chi connectivity index (χ0v) is 12.8. The summed E-state index contributed by atoms with van der Waals surface area (Å²) < 4.78 is 0. The lowest BCUT2D eigenvalue weighted by Gasteiger charge is -2.16. The Morgan fingerprint density at radius 3 is 2.30 bits per heavy atom. The van der Waals surface area contributed by atoms with Gasteiger partial charge in [0.2, 0.25) is 8.32 Å². The Hall–Kier alpha value is -2.08. The van der Waals surface area contributed by atoms with E-state index in [1.165, 1.54) is 0 Å². The van der Waals surface area contributed by atoms with Crippen LogP contribution in [0.2, 0.25) is 13.1 Å². The third kappa shape index (κ3) is 3.96. The van der Waals surface area contributed by atoms with Crippen LogP contribution in [0.4, 0.5) is 0 Å². The minimum Gasteiger partial charge on any atom is -0.428 e. The van der Waals surface area contributed by atoms with E-state index in [0.29, 0.717) is 0 Å². The van der Waals surface area contributed by atoms with Gasteiger partial charge in [-0.1, -0.05) is 60.4 Å². The maximum atomic E-state index is 10.3. The molecule has 20 heavy (non-hydrogen) atoms. The summed E-state index contributed by atoms with van der Waals surface area (Å²) in [5.74, 6) is 6.17. The molecule has 0 amide bonds. The smallest absolute Gasteiger partial charge is 0.215 e. The predicted molar refractivity (Wildman–Crippen MR) is 88.1 cm³/mol. The van der Waals surface area contributed by atoms with Gasteiger partial charge in [-0.2, -0.15) is 0 Å². The zero-order chi connectivity index (χ0) is 14.4. The molecule has 1 nitrogen and oxygen atoms in total. The molecular weight excluding hydrogens is 260 g/mol. The summed E-state index contributed by atoms with van der Waals surface area (Å²) in [5.41, 5.74) is 2.05. The topological polar surface area (TPSA) is 20.2 Å². The Kier molecular flexibility index (Phi) is 4.57. The van der Waals surface area contributed by atoms with Crippen LogP contribution in [0.3, 0.4) is 0 Å². The first-order valence-electron chi connectivity index (χ1n) is 6.62. The molecule has 0 aliphatic heterocycles. The molecule has 0 unspecified atom stereocenters. The average molecular weight is 278 g/mol. The van der Waals surface area contributed by atoms with Crippen LogP contribution in [0, 0.1) is 11.8 Å². The van der Waals surface area contributed by atoms with E-state index in [1.807, 2.05) is 79.8 Å². The van der Waals surface area contributed by atoms with Crippen LogP contribution in [0.5, 0.6) is 0 Å². The molecule has 2 heteroatoms. The fraction of sp³-hybridized carbons (Fsp3) is 0.111. The summed E-state index contributed by atoms with van der Waals surface area (Å²) in [6.45, 7) is 3.82. The van der Waals surface area contributed by atoms with Gasteiger partial charge in [-0.05, 0) is 42.1 Å². The van der Waals surface area contributed by atoms with E-state index in [2.05, 4.69) is 11.8 Å². The van der Waals surface area contributed by atoms with E-state index in [-0.39, 0.29) is 0 Å². The number of benzene rings is 2. The molecule has 0 bridgehead atoms. The van der Waals surface area contributed by atoms with Crippen LogP contribution >= 0.6 is 0 Å². The van der Waals surface area contributed by atoms with Crippen molar-refractivity contribution in [3.63, 3.8) is 0 Å². The van der Waals surface area contributed by atoms with Crippen LogP contribution in [-0.2, 0) is 0 Å². The van der Waals surface area contributed by atoms with E-state index in [1.54, 1.807) is 0 Å². The van der Waals surface area contributed by atoms with Crippen LogP contribution in [0.1, 0.15) is 11.1 Å². The maximum Gasteiger partial charge on any atom is 0.215 e. The highest BCUT2D eigenvalue weighted by Crippen LogP contribution is 2.04. The first-order chi connectivity index (χ1) is 9.57. The van der Waals surface area contributed by atoms with E-state index in [9.17, 15) is 4.80 Å². The van der Waals surface area contributed by atoms with Crippen molar-refractivity contribution in [2.45, 2.75) is 13.1 Å². The largest absolute Gasteiger partial charge is 0.428 e. The molecule has 0 radical (unpaired) electrons. The van der Waals surface area contributed by atoms with Crippen molar-refractivity contribution in [3.8, 4) is 11.8 Å². The number of allylic oxidation sites excluding steroid dienone is 1. The monoisotopic (exact) mass is 278 g/mol.